The van der Waals surface area contributed by atoms with Crippen LogP contribution in [-0.2, 0) is 6.42 Å². The maximum absolute atomic E-state index is 3.72. The third kappa shape index (κ3) is 2.94. The molecule has 2 aliphatic rings. The lowest BCUT2D eigenvalue weighted by Gasteiger charge is -2.40. The number of piperazine rings is 1. The summed E-state index contributed by atoms with van der Waals surface area (Å²) in [6, 6.07) is 10.6. The molecule has 0 bridgehead atoms. The lowest BCUT2D eigenvalue weighted by Crippen LogP contribution is -2.56. The van der Waals surface area contributed by atoms with E-state index in [1.165, 1.54) is 43.5 Å². The van der Waals surface area contributed by atoms with Gasteiger partial charge >= 0.3 is 0 Å². The lowest BCUT2D eigenvalue weighted by molar-refractivity contribution is 0.376. The van der Waals surface area contributed by atoms with Crippen molar-refractivity contribution in [3.63, 3.8) is 0 Å². The van der Waals surface area contributed by atoms with Crippen LogP contribution in [0.3, 0.4) is 0 Å². The predicted octanol–water partition coefficient (Wildman–Crippen LogP) is 3.22. The Bertz CT molecular complexity index is 408. The molecule has 1 aromatic rings. The summed E-state index contributed by atoms with van der Waals surface area (Å²) in [6.07, 6.45) is 5.28. The summed E-state index contributed by atoms with van der Waals surface area (Å²) in [7, 11) is 0. The zero-order chi connectivity index (χ0) is 13.2. The summed E-state index contributed by atoms with van der Waals surface area (Å²) in [6.45, 7) is 6.87. The van der Waals surface area contributed by atoms with Crippen molar-refractivity contribution in [2.45, 2.75) is 51.6 Å². The predicted molar refractivity (Wildman–Crippen MR) is 81.8 cm³/mol. The molecule has 2 unspecified atom stereocenters. The molecule has 2 heteroatoms. The first-order valence-electron chi connectivity index (χ1n) is 7.87. The molecule has 0 radical (unpaired) electrons. The minimum Gasteiger partial charge on any atom is -0.366 e. The molecular weight excluding hydrogens is 232 g/mol. The molecule has 1 N–H and O–H groups in total. The number of hydrogen-bond acceptors (Lipinski definition) is 2. The summed E-state index contributed by atoms with van der Waals surface area (Å²) < 4.78 is 0. The van der Waals surface area contributed by atoms with E-state index in [0.717, 1.165) is 12.5 Å². The Morgan fingerprint density at radius 2 is 1.95 bits per heavy atom. The highest BCUT2D eigenvalue weighted by atomic mass is 15.2. The van der Waals surface area contributed by atoms with Gasteiger partial charge in [0.15, 0.2) is 0 Å². The minimum atomic E-state index is 0.604. The molecule has 1 saturated heterocycles. The van der Waals surface area contributed by atoms with Gasteiger partial charge in [0, 0.05) is 30.9 Å². The first-order chi connectivity index (χ1) is 9.28. The van der Waals surface area contributed by atoms with Gasteiger partial charge in [0.1, 0.15) is 0 Å². The average Bonchev–Trinajstić information content (AvgIpc) is 3.25. The molecule has 2 nitrogen and oxygen atoms in total. The van der Waals surface area contributed by atoms with E-state index in [0.29, 0.717) is 12.1 Å². The van der Waals surface area contributed by atoms with Gasteiger partial charge in [0.05, 0.1) is 0 Å². The van der Waals surface area contributed by atoms with Crippen LogP contribution in [0.2, 0.25) is 0 Å². The van der Waals surface area contributed by atoms with Gasteiger partial charge in [-0.2, -0.15) is 0 Å². The maximum Gasteiger partial charge on any atom is 0.0387 e. The summed E-state index contributed by atoms with van der Waals surface area (Å²) in [5.74, 6) is 0.939. The number of hydrogen-bond donors (Lipinski definition) is 1. The molecule has 1 aliphatic heterocycles. The van der Waals surface area contributed by atoms with Crippen LogP contribution in [-0.4, -0.2) is 25.2 Å². The van der Waals surface area contributed by atoms with E-state index in [2.05, 4.69) is 48.3 Å². The summed E-state index contributed by atoms with van der Waals surface area (Å²) in [4.78, 5) is 2.59. The van der Waals surface area contributed by atoms with E-state index < -0.39 is 0 Å². The van der Waals surface area contributed by atoms with Crippen molar-refractivity contribution in [3.8, 4) is 0 Å². The molecule has 19 heavy (non-hydrogen) atoms. The Balaban J connectivity index is 1.71. The van der Waals surface area contributed by atoms with Gasteiger partial charge < -0.3 is 10.2 Å². The van der Waals surface area contributed by atoms with Crippen LogP contribution in [0.4, 0.5) is 5.69 Å². The van der Waals surface area contributed by atoms with Gasteiger partial charge in [-0.15, -0.1) is 0 Å². The van der Waals surface area contributed by atoms with Gasteiger partial charge in [-0.25, -0.2) is 0 Å². The van der Waals surface area contributed by atoms with Crippen molar-refractivity contribution in [3.05, 3.63) is 29.8 Å². The molecule has 1 heterocycles. The number of nitrogens with zero attached hydrogens (tertiary/aromatic N) is 1. The summed E-state index contributed by atoms with van der Waals surface area (Å²) in [5, 5.41) is 3.72. The van der Waals surface area contributed by atoms with Crippen LogP contribution in [0.25, 0.3) is 0 Å². The standard InChI is InChI=1S/C17H26N2/c1-3-4-14-5-9-16(10-6-14)19-12-17(15-7-8-15)18-11-13(19)2/h5-6,9-10,13,15,17-18H,3-4,7-8,11-12H2,1-2H3. The van der Waals surface area contributed by atoms with Gasteiger partial charge in [0.25, 0.3) is 0 Å². The van der Waals surface area contributed by atoms with Crippen LogP contribution in [0.5, 0.6) is 0 Å². The average molecular weight is 258 g/mol. The molecule has 0 aromatic heterocycles. The first-order valence-corrected chi connectivity index (χ1v) is 7.87. The topological polar surface area (TPSA) is 15.3 Å². The van der Waals surface area contributed by atoms with E-state index in [1.807, 2.05) is 0 Å². The zero-order valence-electron chi connectivity index (χ0n) is 12.2. The van der Waals surface area contributed by atoms with Crippen molar-refractivity contribution in [1.29, 1.82) is 0 Å². The van der Waals surface area contributed by atoms with Crippen LogP contribution in [0, 0.1) is 5.92 Å². The number of nitrogens with one attached hydrogen (secondary N) is 1. The smallest absolute Gasteiger partial charge is 0.0387 e. The first kappa shape index (κ1) is 13.0. The fraction of sp³-hybridized carbons (Fsp3) is 0.647. The normalized spacial score (nSPS) is 27.6. The number of benzene rings is 1. The minimum absolute atomic E-state index is 0.604. The highest BCUT2D eigenvalue weighted by molar-refractivity contribution is 5.49. The quantitative estimate of drug-likeness (QED) is 0.892. The fourth-order valence-electron chi connectivity index (χ4n) is 3.21. The molecule has 1 aliphatic carbocycles. The highest BCUT2D eigenvalue weighted by Gasteiger charge is 2.36. The largest absolute Gasteiger partial charge is 0.366 e. The van der Waals surface area contributed by atoms with Crippen LogP contribution < -0.4 is 10.2 Å². The maximum atomic E-state index is 3.72. The SMILES string of the molecule is CCCc1ccc(N2CC(C3CC3)NCC2C)cc1. The Labute approximate surface area is 117 Å². The summed E-state index contributed by atoms with van der Waals surface area (Å²) in [5.41, 5.74) is 2.87. The zero-order valence-corrected chi connectivity index (χ0v) is 12.2. The third-order valence-corrected chi connectivity index (χ3v) is 4.60. The lowest BCUT2D eigenvalue weighted by atomic mass is 10.0. The second kappa shape index (κ2) is 5.54. The number of aryl methyl sites for hydroxylation is 1. The highest BCUT2D eigenvalue weighted by Crippen LogP contribution is 2.35. The van der Waals surface area contributed by atoms with Crippen LogP contribution >= 0.6 is 0 Å². The van der Waals surface area contributed by atoms with Crippen LogP contribution in [0.15, 0.2) is 24.3 Å². The third-order valence-electron chi connectivity index (χ3n) is 4.60. The fourth-order valence-corrected chi connectivity index (χ4v) is 3.21. The second-order valence-electron chi connectivity index (χ2n) is 6.27. The van der Waals surface area contributed by atoms with Gasteiger partial charge in [0.2, 0.25) is 0 Å². The molecule has 1 saturated carbocycles. The van der Waals surface area contributed by atoms with E-state index in [1.54, 1.807) is 0 Å². The molecule has 0 amide bonds. The Hall–Kier alpha value is -1.02. The Morgan fingerprint density at radius 3 is 2.58 bits per heavy atom. The molecule has 0 spiro atoms. The second-order valence-corrected chi connectivity index (χ2v) is 6.27. The van der Waals surface area contributed by atoms with Crippen molar-refractivity contribution < 1.29 is 0 Å². The monoisotopic (exact) mass is 258 g/mol. The molecule has 3 rings (SSSR count). The molecule has 1 aromatic carbocycles. The Kier molecular flexibility index (Phi) is 3.79. The van der Waals surface area contributed by atoms with Crippen molar-refractivity contribution >= 4 is 5.69 Å². The van der Waals surface area contributed by atoms with E-state index >= 15 is 0 Å². The van der Waals surface area contributed by atoms with E-state index in [9.17, 15) is 0 Å². The number of anilines is 1. The van der Waals surface area contributed by atoms with Gasteiger partial charge in [-0.1, -0.05) is 25.5 Å². The summed E-state index contributed by atoms with van der Waals surface area (Å²) >= 11 is 0. The molecule has 2 fully saturated rings. The van der Waals surface area contributed by atoms with Gasteiger partial charge in [-0.3, -0.25) is 0 Å². The molecule has 2 atom stereocenters. The van der Waals surface area contributed by atoms with E-state index in [-0.39, 0.29) is 0 Å². The van der Waals surface area contributed by atoms with Gasteiger partial charge in [-0.05, 0) is 49.8 Å². The van der Waals surface area contributed by atoms with Crippen molar-refractivity contribution in [2.75, 3.05) is 18.0 Å². The van der Waals surface area contributed by atoms with Crippen LogP contribution in [0.1, 0.15) is 38.7 Å². The molecular formula is C17H26N2. The Morgan fingerprint density at radius 1 is 1.21 bits per heavy atom. The molecule has 104 valence electrons. The number of rotatable bonds is 4. The van der Waals surface area contributed by atoms with Crippen molar-refractivity contribution in [1.82, 2.24) is 5.32 Å². The van der Waals surface area contributed by atoms with Crippen molar-refractivity contribution in [2.24, 2.45) is 5.92 Å². The van der Waals surface area contributed by atoms with E-state index in [4.69, 9.17) is 0 Å².